The first-order valence-electron chi connectivity index (χ1n) is 6.28. The third-order valence-electron chi connectivity index (χ3n) is 3.64. The predicted octanol–water partition coefficient (Wildman–Crippen LogP) is 2.17. The number of amides is 3. The second kappa shape index (κ2) is 4.91. The van der Waals surface area contributed by atoms with Crippen LogP contribution in [0.5, 0.6) is 5.75 Å². The van der Waals surface area contributed by atoms with Crippen LogP contribution in [0.25, 0.3) is 0 Å². The number of hydrogen-bond acceptors (Lipinski definition) is 3. The summed E-state index contributed by atoms with van der Waals surface area (Å²) < 4.78 is 5.12. The van der Waals surface area contributed by atoms with Gasteiger partial charge in [-0.1, -0.05) is 13.0 Å². The highest BCUT2D eigenvalue weighted by Crippen LogP contribution is 2.31. The lowest BCUT2D eigenvalue weighted by Gasteiger charge is -2.38. The minimum absolute atomic E-state index is 0.174. The average molecular weight is 262 g/mol. The molecule has 5 heteroatoms. The van der Waals surface area contributed by atoms with Crippen molar-refractivity contribution >= 4 is 17.6 Å². The van der Waals surface area contributed by atoms with Gasteiger partial charge in [-0.2, -0.15) is 0 Å². The van der Waals surface area contributed by atoms with E-state index in [9.17, 15) is 9.59 Å². The van der Waals surface area contributed by atoms with E-state index < -0.39 is 5.41 Å². The van der Waals surface area contributed by atoms with Gasteiger partial charge < -0.3 is 10.1 Å². The Morgan fingerprint density at radius 2 is 2.16 bits per heavy atom. The zero-order valence-electron chi connectivity index (χ0n) is 11.4. The first kappa shape index (κ1) is 13.4. The summed E-state index contributed by atoms with van der Waals surface area (Å²) in [5, 5.41) is 2.77. The Morgan fingerprint density at radius 1 is 1.42 bits per heavy atom. The molecular weight excluding hydrogens is 244 g/mol. The van der Waals surface area contributed by atoms with Gasteiger partial charge in [0.2, 0.25) is 5.91 Å². The number of benzene rings is 1. The van der Waals surface area contributed by atoms with Crippen LogP contribution in [0.2, 0.25) is 0 Å². The van der Waals surface area contributed by atoms with E-state index in [2.05, 4.69) is 5.32 Å². The molecule has 1 unspecified atom stereocenters. The molecule has 1 heterocycles. The van der Waals surface area contributed by atoms with E-state index in [0.717, 1.165) is 0 Å². The largest absolute Gasteiger partial charge is 0.497 e. The molecule has 1 atom stereocenters. The van der Waals surface area contributed by atoms with Gasteiger partial charge in [0.15, 0.2) is 0 Å². The Labute approximate surface area is 112 Å². The molecule has 1 aromatic carbocycles. The topological polar surface area (TPSA) is 58.6 Å². The fourth-order valence-corrected chi connectivity index (χ4v) is 2.05. The van der Waals surface area contributed by atoms with E-state index in [4.69, 9.17) is 4.74 Å². The number of imide groups is 1. The molecular formula is C14H18N2O3. The van der Waals surface area contributed by atoms with Crippen molar-refractivity contribution in [2.75, 3.05) is 18.6 Å². The molecule has 3 amide bonds. The summed E-state index contributed by atoms with van der Waals surface area (Å²) >= 11 is 0. The Kier molecular flexibility index (Phi) is 3.46. The number of methoxy groups -OCH3 is 1. The molecule has 102 valence electrons. The summed E-state index contributed by atoms with van der Waals surface area (Å²) in [6.07, 6.45) is 0.673. The van der Waals surface area contributed by atoms with Gasteiger partial charge in [0.1, 0.15) is 5.75 Å². The molecule has 0 radical (unpaired) electrons. The van der Waals surface area contributed by atoms with Crippen LogP contribution in [0.15, 0.2) is 24.3 Å². The van der Waals surface area contributed by atoms with Crippen molar-refractivity contribution in [3.63, 3.8) is 0 Å². The summed E-state index contributed by atoms with van der Waals surface area (Å²) in [7, 11) is 1.55. The lowest BCUT2D eigenvalue weighted by molar-refractivity contribution is -0.127. The molecule has 0 spiro atoms. The highest BCUT2D eigenvalue weighted by atomic mass is 16.5. The lowest BCUT2D eigenvalue weighted by atomic mass is 9.84. The van der Waals surface area contributed by atoms with E-state index in [1.165, 1.54) is 4.90 Å². The van der Waals surface area contributed by atoms with Gasteiger partial charge in [-0.3, -0.25) is 4.79 Å². The lowest BCUT2D eigenvalue weighted by Crippen LogP contribution is -2.59. The minimum Gasteiger partial charge on any atom is -0.497 e. The monoisotopic (exact) mass is 262 g/mol. The van der Waals surface area contributed by atoms with Crippen molar-refractivity contribution < 1.29 is 14.3 Å². The normalized spacial score (nSPS) is 23.2. The van der Waals surface area contributed by atoms with E-state index >= 15 is 0 Å². The van der Waals surface area contributed by atoms with Crippen molar-refractivity contribution in [1.29, 1.82) is 0 Å². The minimum atomic E-state index is -0.559. The van der Waals surface area contributed by atoms with Crippen LogP contribution in [0.1, 0.15) is 20.3 Å². The van der Waals surface area contributed by atoms with Gasteiger partial charge in [-0.25, -0.2) is 9.69 Å². The van der Waals surface area contributed by atoms with Crippen LogP contribution in [0.3, 0.4) is 0 Å². The van der Waals surface area contributed by atoms with Gasteiger partial charge >= 0.3 is 6.03 Å². The second-order valence-electron chi connectivity index (χ2n) is 4.91. The molecule has 5 nitrogen and oxygen atoms in total. The predicted molar refractivity (Wildman–Crippen MR) is 72.3 cm³/mol. The number of rotatable bonds is 3. The quantitative estimate of drug-likeness (QED) is 0.908. The van der Waals surface area contributed by atoms with Gasteiger partial charge in [0.25, 0.3) is 0 Å². The van der Waals surface area contributed by atoms with E-state index in [1.54, 1.807) is 31.4 Å². The Balaban J connectivity index is 2.40. The standard InChI is InChI=1S/C14H18N2O3/c1-4-14(2)9-15-13(18)16(12(14)17)10-6-5-7-11(8-10)19-3/h5-8H,4,9H2,1-3H3,(H,15,18). The number of ether oxygens (including phenoxy) is 1. The third kappa shape index (κ3) is 2.28. The molecule has 1 aromatic rings. The van der Waals surface area contributed by atoms with E-state index in [-0.39, 0.29) is 11.9 Å². The zero-order chi connectivity index (χ0) is 14.0. The van der Waals surface area contributed by atoms with Gasteiger partial charge in [-0.15, -0.1) is 0 Å². The summed E-state index contributed by atoms with van der Waals surface area (Å²) in [6, 6.07) is 6.55. The molecule has 1 aliphatic heterocycles. The molecule has 0 aromatic heterocycles. The summed E-state index contributed by atoms with van der Waals surface area (Å²) in [5.41, 5.74) is -0.0296. The molecule has 0 aliphatic carbocycles. The molecule has 1 fully saturated rings. The first-order valence-corrected chi connectivity index (χ1v) is 6.28. The van der Waals surface area contributed by atoms with Crippen molar-refractivity contribution in [2.24, 2.45) is 5.41 Å². The van der Waals surface area contributed by atoms with Crippen LogP contribution in [0, 0.1) is 5.41 Å². The molecule has 0 bridgehead atoms. The number of nitrogens with one attached hydrogen (secondary N) is 1. The van der Waals surface area contributed by atoms with Crippen molar-refractivity contribution in [3.8, 4) is 5.75 Å². The van der Waals surface area contributed by atoms with Crippen LogP contribution in [-0.2, 0) is 4.79 Å². The van der Waals surface area contributed by atoms with Crippen LogP contribution in [0.4, 0.5) is 10.5 Å². The molecule has 2 rings (SSSR count). The second-order valence-corrected chi connectivity index (χ2v) is 4.91. The van der Waals surface area contributed by atoms with E-state index in [0.29, 0.717) is 24.4 Å². The maximum Gasteiger partial charge on any atom is 0.328 e. The average Bonchev–Trinajstić information content (AvgIpc) is 2.44. The van der Waals surface area contributed by atoms with Crippen LogP contribution < -0.4 is 15.0 Å². The van der Waals surface area contributed by atoms with Crippen molar-refractivity contribution in [2.45, 2.75) is 20.3 Å². The smallest absolute Gasteiger partial charge is 0.328 e. The SMILES string of the molecule is CCC1(C)CNC(=O)N(c2cccc(OC)c2)C1=O. The molecule has 1 N–H and O–H groups in total. The Morgan fingerprint density at radius 3 is 2.79 bits per heavy atom. The molecule has 0 saturated carbocycles. The van der Waals surface area contributed by atoms with Gasteiger partial charge in [-0.05, 0) is 25.5 Å². The number of carbonyl (C=O) groups is 2. The zero-order valence-corrected chi connectivity index (χ0v) is 11.4. The maximum atomic E-state index is 12.5. The summed E-state index contributed by atoms with van der Waals surface area (Å²) in [4.78, 5) is 25.7. The Hall–Kier alpha value is -2.04. The van der Waals surface area contributed by atoms with E-state index in [1.807, 2.05) is 13.8 Å². The molecule has 1 aliphatic rings. The highest BCUT2D eigenvalue weighted by Gasteiger charge is 2.43. The van der Waals surface area contributed by atoms with Gasteiger partial charge in [0.05, 0.1) is 18.2 Å². The number of urea groups is 1. The van der Waals surface area contributed by atoms with Crippen LogP contribution in [-0.4, -0.2) is 25.6 Å². The Bertz CT molecular complexity index is 515. The number of anilines is 1. The third-order valence-corrected chi connectivity index (χ3v) is 3.64. The molecule has 19 heavy (non-hydrogen) atoms. The fourth-order valence-electron chi connectivity index (χ4n) is 2.05. The summed E-state index contributed by atoms with van der Waals surface area (Å²) in [6.45, 7) is 4.18. The van der Waals surface area contributed by atoms with Crippen molar-refractivity contribution in [3.05, 3.63) is 24.3 Å². The maximum absolute atomic E-state index is 12.5. The van der Waals surface area contributed by atoms with Crippen molar-refractivity contribution in [1.82, 2.24) is 5.32 Å². The highest BCUT2D eigenvalue weighted by molar-refractivity contribution is 6.17. The number of hydrogen-bond donors (Lipinski definition) is 1. The summed E-state index contributed by atoms with van der Waals surface area (Å²) in [5.74, 6) is 0.439. The fraction of sp³-hybridized carbons (Fsp3) is 0.429. The molecule has 1 saturated heterocycles. The number of carbonyl (C=O) groups excluding carboxylic acids is 2. The van der Waals surface area contributed by atoms with Crippen LogP contribution >= 0.6 is 0 Å². The first-order chi connectivity index (χ1) is 9.01. The van der Waals surface area contributed by atoms with Gasteiger partial charge in [0, 0.05) is 12.6 Å². The number of nitrogens with zero attached hydrogens (tertiary/aromatic N) is 1.